The first-order valence-electron chi connectivity index (χ1n) is 10.2. The number of aromatic hydroxyl groups is 1. The highest BCUT2D eigenvalue weighted by Gasteiger charge is 2.32. The highest BCUT2D eigenvalue weighted by Crippen LogP contribution is 2.41. The van der Waals surface area contributed by atoms with Gasteiger partial charge in [0.2, 0.25) is 5.78 Å². The van der Waals surface area contributed by atoms with E-state index in [-0.39, 0.29) is 17.3 Å². The van der Waals surface area contributed by atoms with Crippen molar-refractivity contribution in [2.45, 2.75) is 26.3 Å². The van der Waals surface area contributed by atoms with Gasteiger partial charge in [-0.3, -0.25) is 9.69 Å². The van der Waals surface area contributed by atoms with Gasteiger partial charge in [0.25, 0.3) is 0 Å². The highest BCUT2D eigenvalue weighted by molar-refractivity contribution is 6.15. The lowest BCUT2D eigenvalue weighted by atomic mass is 9.99. The number of carbonyl (C=O) groups is 1. The molecule has 0 radical (unpaired) electrons. The fourth-order valence-electron chi connectivity index (χ4n) is 4.27. The number of phenols is 1. The van der Waals surface area contributed by atoms with Crippen LogP contribution in [0, 0.1) is 5.92 Å². The number of rotatable bonds is 5. The number of Topliss-reactive ketones (excluding diaryl/α,β-unsaturated/α-hetero) is 1. The number of hydrogen-bond acceptors (Lipinski definition) is 6. The molecule has 1 atom stereocenters. The van der Waals surface area contributed by atoms with Crippen LogP contribution in [0.4, 0.5) is 0 Å². The number of fused-ring (bicyclic) bond motifs is 1. The molecular formula is C24H27NO5. The highest BCUT2D eigenvalue weighted by atomic mass is 16.5. The molecule has 0 amide bonds. The summed E-state index contributed by atoms with van der Waals surface area (Å²) in [5.74, 6) is 2.33. The van der Waals surface area contributed by atoms with Crippen LogP contribution in [0.2, 0.25) is 0 Å². The Morgan fingerprint density at radius 3 is 2.80 bits per heavy atom. The van der Waals surface area contributed by atoms with Gasteiger partial charge >= 0.3 is 0 Å². The maximum absolute atomic E-state index is 13.0. The Bertz CT molecular complexity index is 997. The van der Waals surface area contributed by atoms with Crippen LogP contribution >= 0.6 is 0 Å². The van der Waals surface area contributed by atoms with Crippen molar-refractivity contribution in [3.05, 3.63) is 52.8 Å². The first-order chi connectivity index (χ1) is 14.5. The van der Waals surface area contributed by atoms with Gasteiger partial charge in [-0.05, 0) is 49.6 Å². The molecule has 0 saturated carbocycles. The summed E-state index contributed by atoms with van der Waals surface area (Å²) in [7, 11) is 3.13. The van der Waals surface area contributed by atoms with E-state index in [1.165, 1.54) is 6.42 Å². The molecule has 1 fully saturated rings. The van der Waals surface area contributed by atoms with E-state index in [1.807, 2.05) is 12.1 Å². The van der Waals surface area contributed by atoms with Crippen molar-refractivity contribution in [3.8, 4) is 23.0 Å². The number of piperidine rings is 1. The number of ether oxygens (including phenoxy) is 3. The number of likely N-dealkylation sites (tertiary alicyclic amines) is 1. The van der Waals surface area contributed by atoms with E-state index in [2.05, 4.69) is 11.8 Å². The smallest absolute Gasteiger partial charge is 0.231 e. The number of benzene rings is 2. The number of carbonyl (C=O) groups excluding carboxylic acids is 1. The first-order valence-corrected chi connectivity index (χ1v) is 10.2. The van der Waals surface area contributed by atoms with Crippen LogP contribution in [-0.4, -0.2) is 43.1 Å². The van der Waals surface area contributed by atoms with Gasteiger partial charge in [-0.15, -0.1) is 0 Å². The van der Waals surface area contributed by atoms with E-state index in [1.54, 1.807) is 38.5 Å². The lowest BCUT2D eigenvalue weighted by Gasteiger charge is -2.31. The van der Waals surface area contributed by atoms with Crippen LogP contribution < -0.4 is 14.2 Å². The zero-order chi connectivity index (χ0) is 21.3. The summed E-state index contributed by atoms with van der Waals surface area (Å²) in [5.41, 5.74) is 1.82. The summed E-state index contributed by atoms with van der Waals surface area (Å²) in [6, 6.07) is 8.66. The summed E-state index contributed by atoms with van der Waals surface area (Å²) in [6.45, 7) is 4.75. The third-order valence-corrected chi connectivity index (χ3v) is 5.76. The van der Waals surface area contributed by atoms with Crippen LogP contribution in [0.3, 0.4) is 0 Å². The fourth-order valence-corrected chi connectivity index (χ4v) is 4.27. The third-order valence-electron chi connectivity index (χ3n) is 5.76. The summed E-state index contributed by atoms with van der Waals surface area (Å²) in [5, 5.41) is 10.5. The molecule has 158 valence electrons. The Morgan fingerprint density at radius 2 is 2.07 bits per heavy atom. The molecule has 2 aromatic carbocycles. The molecule has 6 heteroatoms. The largest absolute Gasteiger partial charge is 0.507 e. The molecule has 2 aliphatic rings. The second-order valence-corrected chi connectivity index (χ2v) is 7.94. The van der Waals surface area contributed by atoms with E-state index in [4.69, 9.17) is 14.2 Å². The number of hydrogen-bond donors (Lipinski definition) is 1. The normalized spacial score (nSPS) is 20.2. The Labute approximate surface area is 176 Å². The average molecular weight is 409 g/mol. The van der Waals surface area contributed by atoms with Crippen molar-refractivity contribution in [2.75, 3.05) is 27.3 Å². The molecule has 1 saturated heterocycles. The SMILES string of the molecule is COc1cccc(C=C2Oc3c(ccc(O)c3CN3CCC[C@@H](C)C3)C2=O)c1OC. The molecule has 2 aliphatic heterocycles. The Hall–Kier alpha value is -2.99. The number of methoxy groups -OCH3 is 2. The minimum absolute atomic E-state index is 0.153. The van der Waals surface area contributed by atoms with Crippen LogP contribution in [0.25, 0.3) is 6.08 Å². The van der Waals surface area contributed by atoms with Gasteiger partial charge in [-0.1, -0.05) is 19.1 Å². The van der Waals surface area contributed by atoms with Crippen molar-refractivity contribution in [3.63, 3.8) is 0 Å². The molecule has 0 unspecified atom stereocenters. The quantitative estimate of drug-likeness (QED) is 0.745. The van der Waals surface area contributed by atoms with Crippen molar-refractivity contribution in [2.24, 2.45) is 5.92 Å². The van der Waals surface area contributed by atoms with E-state index in [9.17, 15) is 9.90 Å². The molecule has 0 bridgehead atoms. The monoisotopic (exact) mass is 409 g/mol. The molecule has 2 heterocycles. The summed E-state index contributed by atoms with van der Waals surface area (Å²) in [4.78, 5) is 15.3. The van der Waals surface area contributed by atoms with Crippen molar-refractivity contribution >= 4 is 11.9 Å². The van der Waals surface area contributed by atoms with Gasteiger partial charge in [0.1, 0.15) is 11.5 Å². The summed E-state index contributed by atoms with van der Waals surface area (Å²) < 4.78 is 16.8. The van der Waals surface area contributed by atoms with Gasteiger partial charge in [0.05, 0.1) is 25.3 Å². The number of nitrogens with zero attached hydrogens (tertiary/aromatic N) is 1. The minimum atomic E-state index is -0.205. The molecule has 0 aliphatic carbocycles. The van der Waals surface area contributed by atoms with Crippen LogP contribution in [0.15, 0.2) is 36.1 Å². The minimum Gasteiger partial charge on any atom is -0.507 e. The maximum atomic E-state index is 13.0. The standard InChI is InChI=1S/C24H27NO5/c1-15-6-5-11-25(13-15)14-18-19(26)10-9-17-22(27)21(30-24(17)18)12-16-7-4-8-20(28-2)23(16)29-3/h4,7-10,12,15,26H,5-6,11,13-14H2,1-3H3/t15-/m1/s1. The van der Waals surface area contributed by atoms with E-state index < -0.39 is 0 Å². The number of phenolic OH excluding ortho intramolecular Hbond substituents is 1. The van der Waals surface area contributed by atoms with Crippen molar-refractivity contribution in [1.29, 1.82) is 0 Å². The van der Waals surface area contributed by atoms with Gasteiger partial charge in [0, 0.05) is 18.7 Å². The second kappa shape index (κ2) is 8.40. The van der Waals surface area contributed by atoms with Gasteiger partial charge < -0.3 is 19.3 Å². The van der Waals surface area contributed by atoms with Crippen LogP contribution in [0.5, 0.6) is 23.0 Å². The summed E-state index contributed by atoms with van der Waals surface area (Å²) in [6.07, 6.45) is 4.02. The predicted octanol–water partition coefficient (Wildman–Crippen LogP) is 4.26. The maximum Gasteiger partial charge on any atom is 0.231 e. The van der Waals surface area contributed by atoms with Gasteiger partial charge in [-0.25, -0.2) is 0 Å². The number of ketones is 1. The van der Waals surface area contributed by atoms with E-state index in [0.29, 0.717) is 46.4 Å². The molecule has 0 aromatic heterocycles. The topological polar surface area (TPSA) is 68.2 Å². The molecule has 6 nitrogen and oxygen atoms in total. The molecule has 4 rings (SSSR count). The third kappa shape index (κ3) is 3.75. The predicted molar refractivity (Wildman–Crippen MR) is 114 cm³/mol. The van der Waals surface area contributed by atoms with Gasteiger partial charge in [-0.2, -0.15) is 0 Å². The molecule has 1 N–H and O–H groups in total. The molecule has 2 aromatic rings. The number of allylic oxidation sites excluding steroid dienone is 1. The van der Waals surface area contributed by atoms with E-state index >= 15 is 0 Å². The zero-order valence-electron chi connectivity index (χ0n) is 17.6. The average Bonchev–Trinajstić information content (AvgIpc) is 3.05. The van der Waals surface area contributed by atoms with E-state index in [0.717, 1.165) is 19.5 Å². The Morgan fingerprint density at radius 1 is 1.23 bits per heavy atom. The molecule has 30 heavy (non-hydrogen) atoms. The number of para-hydroxylation sites is 1. The molecular weight excluding hydrogens is 382 g/mol. The van der Waals surface area contributed by atoms with Gasteiger partial charge in [0.15, 0.2) is 17.3 Å². The zero-order valence-corrected chi connectivity index (χ0v) is 17.6. The Balaban J connectivity index is 1.67. The summed E-state index contributed by atoms with van der Waals surface area (Å²) >= 11 is 0. The molecule has 0 spiro atoms. The van der Waals surface area contributed by atoms with Crippen molar-refractivity contribution in [1.82, 2.24) is 4.90 Å². The first kappa shape index (κ1) is 20.3. The fraction of sp³-hybridized carbons (Fsp3) is 0.375. The lowest BCUT2D eigenvalue weighted by molar-refractivity contribution is 0.101. The van der Waals surface area contributed by atoms with Crippen LogP contribution in [-0.2, 0) is 6.54 Å². The van der Waals surface area contributed by atoms with Crippen molar-refractivity contribution < 1.29 is 24.1 Å². The Kier molecular flexibility index (Phi) is 5.68. The lowest BCUT2D eigenvalue weighted by Crippen LogP contribution is -2.33. The second-order valence-electron chi connectivity index (χ2n) is 7.94. The van der Waals surface area contributed by atoms with Crippen LogP contribution in [0.1, 0.15) is 41.3 Å².